The molecule has 0 aliphatic rings. The van der Waals surface area contributed by atoms with E-state index in [1.54, 1.807) is 10.9 Å². The minimum Gasteiger partial charge on any atom is -0.303 e. The maximum Gasteiger partial charge on any atom is 0.104 e. The summed E-state index contributed by atoms with van der Waals surface area (Å²) in [4.78, 5) is 0. The molecule has 12 heavy (non-hydrogen) atoms. The van der Waals surface area contributed by atoms with Gasteiger partial charge < -0.3 is 5.32 Å². The van der Waals surface area contributed by atoms with E-state index in [0.29, 0.717) is 0 Å². The van der Waals surface area contributed by atoms with E-state index in [4.69, 9.17) is 6.42 Å². The minimum atomic E-state index is -0.0365. The van der Waals surface area contributed by atoms with Crippen molar-refractivity contribution in [3.63, 3.8) is 0 Å². The smallest absolute Gasteiger partial charge is 0.104 e. The second kappa shape index (κ2) is 3.92. The minimum absolute atomic E-state index is 0.0365. The third kappa shape index (κ3) is 1.62. The quantitative estimate of drug-likeness (QED) is 0.642. The van der Waals surface area contributed by atoms with Gasteiger partial charge in [-0.15, -0.1) is 6.42 Å². The van der Waals surface area contributed by atoms with Crippen LogP contribution in [0.5, 0.6) is 0 Å². The van der Waals surface area contributed by atoms with Crippen LogP contribution in [0, 0.1) is 16.0 Å². The number of halogens is 1. The van der Waals surface area contributed by atoms with Crippen LogP contribution in [-0.2, 0) is 7.05 Å². The standard InChI is InChI=1S/C8H10IN3/c1-4-7(10-2)6-5-11-12(3)8(6)9/h1,5,7,10H,2-3H3. The average Bonchev–Trinajstić information content (AvgIpc) is 2.38. The molecule has 0 amide bonds. The van der Waals surface area contributed by atoms with Crippen LogP contribution in [0.3, 0.4) is 0 Å². The van der Waals surface area contributed by atoms with Crippen molar-refractivity contribution in [2.24, 2.45) is 7.05 Å². The van der Waals surface area contributed by atoms with Crippen LogP contribution >= 0.6 is 22.6 Å². The highest BCUT2D eigenvalue weighted by Crippen LogP contribution is 2.17. The molecule has 1 heterocycles. The third-order valence-corrected chi connectivity index (χ3v) is 2.98. The van der Waals surface area contributed by atoms with E-state index in [2.05, 4.69) is 38.9 Å². The van der Waals surface area contributed by atoms with Gasteiger partial charge in [-0.1, -0.05) is 5.92 Å². The predicted molar refractivity (Wildman–Crippen MR) is 56.6 cm³/mol. The first-order valence-corrected chi connectivity index (χ1v) is 4.59. The predicted octanol–water partition coefficient (Wildman–Crippen LogP) is 0.918. The molecule has 0 spiro atoms. The van der Waals surface area contributed by atoms with Crippen molar-refractivity contribution in [2.45, 2.75) is 6.04 Å². The second-order valence-electron chi connectivity index (χ2n) is 2.40. The molecule has 64 valence electrons. The number of aromatic nitrogens is 2. The molecule has 1 atom stereocenters. The largest absolute Gasteiger partial charge is 0.303 e. The number of nitrogens with one attached hydrogen (secondary N) is 1. The Balaban J connectivity index is 3.03. The molecule has 0 fully saturated rings. The van der Waals surface area contributed by atoms with Crippen molar-refractivity contribution in [3.05, 3.63) is 15.5 Å². The summed E-state index contributed by atoms with van der Waals surface area (Å²) < 4.78 is 2.88. The highest BCUT2D eigenvalue weighted by atomic mass is 127. The van der Waals surface area contributed by atoms with E-state index in [1.807, 2.05) is 14.1 Å². The Morgan fingerprint density at radius 1 is 1.83 bits per heavy atom. The van der Waals surface area contributed by atoms with Gasteiger partial charge in [-0.25, -0.2) is 0 Å². The van der Waals surface area contributed by atoms with Crippen molar-refractivity contribution < 1.29 is 0 Å². The Morgan fingerprint density at radius 3 is 2.83 bits per heavy atom. The molecule has 0 saturated carbocycles. The van der Waals surface area contributed by atoms with E-state index in [9.17, 15) is 0 Å². The summed E-state index contributed by atoms with van der Waals surface area (Å²) in [5.74, 6) is 2.65. The summed E-state index contributed by atoms with van der Waals surface area (Å²) in [6, 6.07) is -0.0365. The van der Waals surface area contributed by atoms with Crippen LogP contribution in [0.2, 0.25) is 0 Å². The molecule has 4 heteroatoms. The number of terminal acetylenes is 1. The van der Waals surface area contributed by atoms with Gasteiger partial charge in [0, 0.05) is 12.6 Å². The zero-order valence-corrected chi connectivity index (χ0v) is 9.16. The summed E-state index contributed by atoms with van der Waals surface area (Å²) in [6.07, 6.45) is 7.14. The Morgan fingerprint density at radius 2 is 2.50 bits per heavy atom. The Kier molecular flexibility index (Phi) is 3.12. The lowest BCUT2D eigenvalue weighted by Gasteiger charge is -2.06. The van der Waals surface area contributed by atoms with Crippen molar-refractivity contribution in [1.29, 1.82) is 0 Å². The first-order valence-electron chi connectivity index (χ1n) is 3.51. The molecule has 1 rings (SSSR count). The van der Waals surface area contributed by atoms with Crippen molar-refractivity contribution >= 4 is 22.6 Å². The van der Waals surface area contributed by atoms with Crippen LogP contribution in [-0.4, -0.2) is 16.8 Å². The van der Waals surface area contributed by atoms with Gasteiger partial charge >= 0.3 is 0 Å². The van der Waals surface area contributed by atoms with Gasteiger partial charge in [0.25, 0.3) is 0 Å². The summed E-state index contributed by atoms with van der Waals surface area (Å²) in [5.41, 5.74) is 1.06. The van der Waals surface area contributed by atoms with E-state index in [1.165, 1.54) is 0 Å². The second-order valence-corrected chi connectivity index (χ2v) is 3.42. The van der Waals surface area contributed by atoms with Gasteiger partial charge in [0.1, 0.15) is 3.70 Å². The van der Waals surface area contributed by atoms with Gasteiger partial charge in [0.2, 0.25) is 0 Å². The lowest BCUT2D eigenvalue weighted by molar-refractivity contribution is 0.717. The molecule has 1 aromatic rings. The van der Waals surface area contributed by atoms with Crippen molar-refractivity contribution in [1.82, 2.24) is 15.1 Å². The summed E-state index contributed by atoms with van der Waals surface area (Å²) in [6.45, 7) is 0. The summed E-state index contributed by atoms with van der Waals surface area (Å²) in [5, 5.41) is 7.13. The molecule has 0 bridgehead atoms. The first kappa shape index (κ1) is 9.55. The Bertz CT molecular complexity index is 311. The van der Waals surface area contributed by atoms with Gasteiger partial charge in [-0.2, -0.15) is 5.10 Å². The molecular formula is C8H10IN3. The maximum atomic E-state index is 5.34. The van der Waals surface area contributed by atoms with E-state index in [0.717, 1.165) is 9.26 Å². The van der Waals surface area contributed by atoms with Crippen LogP contribution in [0.15, 0.2) is 6.20 Å². The van der Waals surface area contributed by atoms with Crippen LogP contribution in [0.25, 0.3) is 0 Å². The zero-order valence-electron chi connectivity index (χ0n) is 7.00. The monoisotopic (exact) mass is 275 g/mol. The Labute approximate surface area is 85.7 Å². The van der Waals surface area contributed by atoms with Crippen molar-refractivity contribution in [2.75, 3.05) is 7.05 Å². The molecule has 1 N–H and O–H groups in total. The lowest BCUT2D eigenvalue weighted by Crippen LogP contribution is -2.14. The zero-order chi connectivity index (χ0) is 9.14. The van der Waals surface area contributed by atoms with Gasteiger partial charge in [0.05, 0.1) is 12.2 Å². The topological polar surface area (TPSA) is 29.9 Å². The summed E-state index contributed by atoms with van der Waals surface area (Å²) in [7, 11) is 3.74. The fourth-order valence-corrected chi connectivity index (χ4v) is 1.54. The molecule has 0 saturated heterocycles. The van der Waals surface area contributed by atoms with Crippen LogP contribution in [0.4, 0.5) is 0 Å². The number of nitrogens with zero attached hydrogens (tertiary/aromatic N) is 2. The Hall–Kier alpha value is -0.540. The normalized spacial score (nSPS) is 12.5. The number of hydrogen-bond acceptors (Lipinski definition) is 2. The summed E-state index contributed by atoms with van der Waals surface area (Å²) >= 11 is 2.23. The SMILES string of the molecule is C#CC(NC)c1cnn(C)c1I. The van der Waals surface area contributed by atoms with Crippen molar-refractivity contribution in [3.8, 4) is 12.3 Å². The molecule has 0 aliphatic carbocycles. The van der Waals surface area contributed by atoms with Gasteiger partial charge in [0.15, 0.2) is 0 Å². The van der Waals surface area contributed by atoms with Crippen LogP contribution < -0.4 is 5.32 Å². The van der Waals surface area contributed by atoms with E-state index >= 15 is 0 Å². The van der Waals surface area contributed by atoms with Gasteiger partial charge in [-0.05, 0) is 29.6 Å². The lowest BCUT2D eigenvalue weighted by atomic mass is 10.2. The number of rotatable bonds is 2. The molecule has 1 unspecified atom stereocenters. The highest BCUT2D eigenvalue weighted by Gasteiger charge is 2.12. The van der Waals surface area contributed by atoms with Gasteiger partial charge in [-0.3, -0.25) is 4.68 Å². The molecule has 0 radical (unpaired) electrons. The number of hydrogen-bond donors (Lipinski definition) is 1. The molecule has 1 aromatic heterocycles. The highest BCUT2D eigenvalue weighted by molar-refractivity contribution is 14.1. The fraction of sp³-hybridized carbons (Fsp3) is 0.375. The third-order valence-electron chi connectivity index (χ3n) is 1.66. The average molecular weight is 275 g/mol. The maximum absolute atomic E-state index is 5.34. The number of aryl methyl sites for hydroxylation is 1. The first-order chi connectivity index (χ1) is 5.70. The van der Waals surface area contributed by atoms with E-state index < -0.39 is 0 Å². The van der Waals surface area contributed by atoms with E-state index in [-0.39, 0.29) is 6.04 Å². The van der Waals surface area contributed by atoms with Crippen LogP contribution in [0.1, 0.15) is 11.6 Å². The molecule has 3 nitrogen and oxygen atoms in total. The fourth-order valence-electron chi connectivity index (χ4n) is 0.962. The molecule has 0 aromatic carbocycles. The molecule has 0 aliphatic heterocycles. The molecular weight excluding hydrogens is 265 g/mol.